The number of carbonyl (C=O) groups is 2. The van der Waals surface area contributed by atoms with Crippen molar-refractivity contribution in [1.82, 2.24) is 15.3 Å². The van der Waals surface area contributed by atoms with Gasteiger partial charge in [-0.3, -0.25) is 14.7 Å². The zero-order chi connectivity index (χ0) is 25.1. The first-order valence-corrected chi connectivity index (χ1v) is 12.5. The van der Waals surface area contributed by atoms with E-state index in [9.17, 15) is 14.7 Å². The predicted molar refractivity (Wildman–Crippen MR) is 150 cm³/mol. The summed E-state index contributed by atoms with van der Waals surface area (Å²) >= 11 is 0. The van der Waals surface area contributed by atoms with Crippen LogP contribution >= 0.6 is 12.4 Å². The van der Waals surface area contributed by atoms with Crippen LogP contribution in [0.2, 0.25) is 0 Å². The molecule has 0 fully saturated rings. The number of rotatable bonds is 8. The highest BCUT2D eigenvalue weighted by atomic mass is 35.5. The molecule has 2 aromatic heterocycles. The van der Waals surface area contributed by atoms with E-state index in [4.69, 9.17) is 4.98 Å². The molecule has 194 valence electrons. The summed E-state index contributed by atoms with van der Waals surface area (Å²) in [6.45, 7) is 2.81. The number of nitrogens with one attached hydrogen (secondary N) is 3. The van der Waals surface area contributed by atoms with Gasteiger partial charge in [0.2, 0.25) is 5.91 Å². The van der Waals surface area contributed by atoms with Gasteiger partial charge in [-0.15, -0.1) is 12.4 Å². The van der Waals surface area contributed by atoms with Gasteiger partial charge in [-0.05, 0) is 67.5 Å². The maximum Gasteiger partial charge on any atom is 0.411 e. The molecule has 4 aromatic rings. The van der Waals surface area contributed by atoms with E-state index in [1.165, 1.54) is 17.4 Å². The number of aryl methyl sites for hydroxylation is 1. The number of carboxylic acid groups (broad SMARTS) is 1. The van der Waals surface area contributed by atoms with E-state index >= 15 is 0 Å². The van der Waals surface area contributed by atoms with Crippen LogP contribution < -0.4 is 15.5 Å². The molecule has 0 spiro atoms. The highest BCUT2D eigenvalue weighted by molar-refractivity contribution is 5.94. The number of anilines is 2. The Hall–Kier alpha value is -3.78. The van der Waals surface area contributed by atoms with Crippen LogP contribution in [0.5, 0.6) is 0 Å². The molecule has 1 aliphatic carbocycles. The average molecular weight is 522 g/mol. The lowest BCUT2D eigenvalue weighted by Crippen LogP contribution is -2.34. The van der Waals surface area contributed by atoms with Gasteiger partial charge in [-0.25, -0.2) is 4.79 Å². The molecule has 4 N–H and O–H groups in total. The van der Waals surface area contributed by atoms with E-state index in [0.717, 1.165) is 64.4 Å². The second-order valence-corrected chi connectivity index (χ2v) is 9.27. The molecule has 0 aliphatic heterocycles. The first kappa shape index (κ1) is 26.3. The standard InChI is InChI=1S/C28H31N5O3.ClH/c1-18(34)29-13-12-19-17-31-24-11-10-20(16-23(19)24)33(28(35)36)15-14-30-27-21-6-2-4-8-25(21)32-26-9-5-3-7-22(26)27;/h2,4,6,8,10-11,16-17,31H,3,5,7,9,12-15H2,1H3,(H,29,34)(H,30,32)(H,35,36);1H. The SMILES string of the molecule is CC(=O)NCCc1c[nH]c2ccc(N(CCNc3c4c(nc5ccccc35)CCCC4)C(=O)O)cc12.Cl. The maximum atomic E-state index is 12.2. The zero-order valence-corrected chi connectivity index (χ0v) is 21.7. The largest absolute Gasteiger partial charge is 0.465 e. The van der Waals surface area contributed by atoms with Gasteiger partial charge >= 0.3 is 6.09 Å². The molecule has 1 aliphatic rings. The van der Waals surface area contributed by atoms with Gasteiger partial charge in [-0.1, -0.05) is 18.2 Å². The lowest BCUT2D eigenvalue weighted by atomic mass is 9.92. The highest BCUT2D eigenvalue weighted by Gasteiger charge is 2.20. The number of pyridine rings is 1. The summed E-state index contributed by atoms with van der Waals surface area (Å²) in [4.78, 5) is 32.9. The van der Waals surface area contributed by atoms with Crippen LogP contribution in [0.15, 0.2) is 48.7 Å². The van der Waals surface area contributed by atoms with Crippen molar-refractivity contribution in [3.05, 3.63) is 65.5 Å². The molecule has 9 heteroatoms. The molecular formula is C28H32ClN5O3. The Balaban J connectivity index is 0.00000320. The van der Waals surface area contributed by atoms with Crippen molar-refractivity contribution in [2.24, 2.45) is 0 Å². The molecular weight excluding hydrogens is 490 g/mol. The lowest BCUT2D eigenvalue weighted by Gasteiger charge is -2.24. The van der Waals surface area contributed by atoms with Crippen molar-refractivity contribution in [3.63, 3.8) is 0 Å². The Morgan fingerprint density at radius 2 is 1.89 bits per heavy atom. The molecule has 0 bridgehead atoms. The van der Waals surface area contributed by atoms with Gasteiger partial charge in [-0.2, -0.15) is 0 Å². The first-order chi connectivity index (χ1) is 17.5. The van der Waals surface area contributed by atoms with E-state index in [-0.39, 0.29) is 18.3 Å². The molecule has 0 unspecified atom stereocenters. The van der Waals surface area contributed by atoms with Crippen molar-refractivity contribution in [3.8, 4) is 0 Å². The van der Waals surface area contributed by atoms with Gasteiger partial charge in [0.15, 0.2) is 0 Å². The Bertz CT molecular complexity index is 1430. The number of fused-ring (bicyclic) bond motifs is 3. The van der Waals surface area contributed by atoms with Crippen LogP contribution in [0.1, 0.15) is 36.6 Å². The minimum Gasteiger partial charge on any atom is -0.465 e. The molecule has 2 amide bonds. The predicted octanol–water partition coefficient (Wildman–Crippen LogP) is 5.29. The fourth-order valence-electron chi connectivity index (χ4n) is 5.12. The zero-order valence-electron chi connectivity index (χ0n) is 20.8. The van der Waals surface area contributed by atoms with Gasteiger partial charge in [0.25, 0.3) is 0 Å². The van der Waals surface area contributed by atoms with Crippen LogP contribution in [-0.2, 0) is 24.1 Å². The third-order valence-electron chi connectivity index (χ3n) is 6.87. The van der Waals surface area contributed by atoms with E-state index in [2.05, 4.69) is 21.7 Å². The summed E-state index contributed by atoms with van der Waals surface area (Å²) in [7, 11) is 0. The Morgan fingerprint density at radius 3 is 2.70 bits per heavy atom. The molecule has 0 saturated heterocycles. The van der Waals surface area contributed by atoms with Gasteiger partial charge < -0.3 is 20.7 Å². The van der Waals surface area contributed by atoms with Crippen molar-refractivity contribution in [1.29, 1.82) is 0 Å². The summed E-state index contributed by atoms with van der Waals surface area (Å²) in [5.74, 6) is -0.0664. The number of para-hydroxylation sites is 1. The van der Waals surface area contributed by atoms with Crippen LogP contribution in [-0.4, -0.2) is 46.7 Å². The third kappa shape index (κ3) is 5.64. The van der Waals surface area contributed by atoms with Crippen molar-refractivity contribution < 1.29 is 14.7 Å². The summed E-state index contributed by atoms with van der Waals surface area (Å²) < 4.78 is 0. The fraction of sp³-hybridized carbons (Fsp3) is 0.321. The molecule has 5 rings (SSSR count). The van der Waals surface area contributed by atoms with Gasteiger partial charge in [0.1, 0.15) is 0 Å². The topological polar surface area (TPSA) is 110 Å². The second kappa shape index (κ2) is 11.5. The molecule has 0 radical (unpaired) electrons. The first-order valence-electron chi connectivity index (χ1n) is 12.5. The second-order valence-electron chi connectivity index (χ2n) is 9.27. The number of hydrogen-bond donors (Lipinski definition) is 4. The molecule has 0 atom stereocenters. The number of H-pyrrole nitrogens is 1. The van der Waals surface area contributed by atoms with Gasteiger partial charge in [0, 0.05) is 66.1 Å². The number of carbonyl (C=O) groups excluding carboxylic acids is 1. The maximum absolute atomic E-state index is 12.2. The van der Waals surface area contributed by atoms with E-state index < -0.39 is 6.09 Å². The Morgan fingerprint density at radius 1 is 1.08 bits per heavy atom. The van der Waals surface area contributed by atoms with Crippen molar-refractivity contribution in [2.75, 3.05) is 29.9 Å². The minimum atomic E-state index is -0.993. The smallest absolute Gasteiger partial charge is 0.411 e. The monoisotopic (exact) mass is 521 g/mol. The Labute approximate surface area is 221 Å². The fourth-order valence-corrected chi connectivity index (χ4v) is 5.12. The van der Waals surface area contributed by atoms with Crippen LogP contribution in [0.25, 0.3) is 21.8 Å². The summed E-state index contributed by atoms with van der Waals surface area (Å²) in [5.41, 5.74) is 7.08. The normalized spacial score (nSPS) is 12.6. The van der Waals surface area contributed by atoms with E-state index in [1.807, 2.05) is 42.6 Å². The van der Waals surface area contributed by atoms with Crippen LogP contribution in [0, 0.1) is 0 Å². The minimum absolute atomic E-state index is 0. The number of hydrogen-bond acceptors (Lipinski definition) is 4. The van der Waals surface area contributed by atoms with E-state index in [0.29, 0.717) is 31.7 Å². The number of aromatic nitrogens is 2. The summed E-state index contributed by atoms with van der Waals surface area (Å²) in [6, 6.07) is 13.8. The Kier molecular flexibility index (Phi) is 8.18. The molecule has 2 aromatic carbocycles. The lowest BCUT2D eigenvalue weighted by molar-refractivity contribution is -0.118. The number of halogens is 1. The molecule has 0 saturated carbocycles. The van der Waals surface area contributed by atoms with Crippen LogP contribution in [0.4, 0.5) is 16.2 Å². The van der Waals surface area contributed by atoms with Crippen LogP contribution in [0.3, 0.4) is 0 Å². The van der Waals surface area contributed by atoms with Crippen molar-refractivity contribution >= 4 is 57.6 Å². The number of amides is 2. The highest BCUT2D eigenvalue weighted by Crippen LogP contribution is 2.33. The number of aromatic amines is 1. The van der Waals surface area contributed by atoms with Crippen molar-refractivity contribution in [2.45, 2.75) is 39.0 Å². The molecule has 8 nitrogen and oxygen atoms in total. The van der Waals surface area contributed by atoms with E-state index in [1.54, 1.807) is 0 Å². The molecule has 37 heavy (non-hydrogen) atoms. The number of nitrogens with zero attached hydrogens (tertiary/aromatic N) is 2. The third-order valence-corrected chi connectivity index (χ3v) is 6.87. The summed E-state index contributed by atoms with van der Waals surface area (Å²) in [6.07, 6.45) is 5.86. The summed E-state index contributed by atoms with van der Waals surface area (Å²) in [5, 5.41) is 18.4. The quantitative estimate of drug-likeness (QED) is 0.252. The van der Waals surface area contributed by atoms with Gasteiger partial charge in [0.05, 0.1) is 5.52 Å². The number of benzene rings is 2. The molecule has 2 heterocycles. The average Bonchev–Trinajstić information content (AvgIpc) is 3.27.